The fraction of sp³-hybridized carbons (Fsp3) is 0.286. The Morgan fingerprint density at radius 3 is 2.90 bits per heavy atom. The van der Waals surface area contributed by atoms with Crippen LogP contribution in [0.15, 0.2) is 34.4 Å². The van der Waals surface area contributed by atoms with Crippen LogP contribution in [0.5, 0.6) is 5.75 Å². The zero-order valence-electron chi connectivity index (χ0n) is 11.2. The first-order chi connectivity index (χ1) is 9.81. The standard InChI is InChI=1S/C14H16N4OS/c1-19-12-13(18-15)16-8-17-14(12)20-11-6-5-9-3-2-4-10(9)7-11/h5-8H,2-4,15H2,1H3,(H,16,17,18). The summed E-state index contributed by atoms with van der Waals surface area (Å²) in [6.45, 7) is 0. The van der Waals surface area contributed by atoms with Crippen molar-refractivity contribution in [1.82, 2.24) is 9.97 Å². The van der Waals surface area contributed by atoms with Crippen LogP contribution < -0.4 is 16.0 Å². The van der Waals surface area contributed by atoms with E-state index in [1.807, 2.05) is 0 Å². The van der Waals surface area contributed by atoms with E-state index in [1.165, 1.54) is 36.7 Å². The topological polar surface area (TPSA) is 73.1 Å². The van der Waals surface area contributed by atoms with Crippen LogP contribution in [0.4, 0.5) is 5.82 Å². The van der Waals surface area contributed by atoms with E-state index in [9.17, 15) is 0 Å². The van der Waals surface area contributed by atoms with Crippen molar-refractivity contribution < 1.29 is 4.74 Å². The van der Waals surface area contributed by atoms with Gasteiger partial charge in [-0.25, -0.2) is 15.8 Å². The van der Waals surface area contributed by atoms with E-state index in [-0.39, 0.29) is 0 Å². The number of fused-ring (bicyclic) bond motifs is 1. The van der Waals surface area contributed by atoms with Crippen molar-refractivity contribution in [2.45, 2.75) is 29.2 Å². The SMILES string of the molecule is COc1c(NN)ncnc1Sc1ccc2c(c1)CCC2. The van der Waals surface area contributed by atoms with Crippen LogP contribution in [-0.4, -0.2) is 17.1 Å². The summed E-state index contributed by atoms with van der Waals surface area (Å²) in [5.41, 5.74) is 5.44. The molecule has 0 saturated carbocycles. The van der Waals surface area contributed by atoms with Crippen LogP contribution in [0.3, 0.4) is 0 Å². The number of benzene rings is 1. The highest BCUT2D eigenvalue weighted by atomic mass is 32.2. The third-order valence-electron chi connectivity index (χ3n) is 3.40. The van der Waals surface area contributed by atoms with Gasteiger partial charge in [0.15, 0.2) is 11.6 Å². The van der Waals surface area contributed by atoms with Gasteiger partial charge in [-0.2, -0.15) is 0 Å². The normalized spacial score (nSPS) is 13.1. The van der Waals surface area contributed by atoms with Crippen LogP contribution >= 0.6 is 11.8 Å². The Labute approximate surface area is 121 Å². The third kappa shape index (κ3) is 2.44. The molecule has 0 radical (unpaired) electrons. The van der Waals surface area contributed by atoms with E-state index >= 15 is 0 Å². The first-order valence-electron chi connectivity index (χ1n) is 6.47. The van der Waals surface area contributed by atoms with E-state index in [0.29, 0.717) is 11.6 Å². The largest absolute Gasteiger partial charge is 0.490 e. The molecule has 0 spiro atoms. The molecule has 0 amide bonds. The number of aromatic nitrogens is 2. The number of nitrogens with zero attached hydrogens (tertiary/aromatic N) is 2. The lowest BCUT2D eigenvalue weighted by Crippen LogP contribution is -2.10. The summed E-state index contributed by atoms with van der Waals surface area (Å²) < 4.78 is 5.34. The molecule has 1 aromatic carbocycles. The van der Waals surface area contributed by atoms with Gasteiger partial charge >= 0.3 is 0 Å². The van der Waals surface area contributed by atoms with Gasteiger partial charge in [0, 0.05) is 4.90 Å². The fourth-order valence-electron chi connectivity index (χ4n) is 2.44. The summed E-state index contributed by atoms with van der Waals surface area (Å²) in [6, 6.07) is 6.58. The molecule has 0 unspecified atom stereocenters. The molecular formula is C14H16N4OS. The molecule has 1 aliphatic carbocycles. The molecule has 1 aromatic heterocycles. The summed E-state index contributed by atoms with van der Waals surface area (Å²) in [5, 5.41) is 0.758. The molecular weight excluding hydrogens is 272 g/mol. The van der Waals surface area contributed by atoms with Gasteiger partial charge in [-0.15, -0.1) is 0 Å². The highest BCUT2D eigenvalue weighted by Gasteiger charge is 2.15. The second-order valence-electron chi connectivity index (χ2n) is 4.59. The van der Waals surface area contributed by atoms with Crippen molar-refractivity contribution in [3.63, 3.8) is 0 Å². The molecule has 0 aliphatic heterocycles. The first-order valence-corrected chi connectivity index (χ1v) is 7.28. The van der Waals surface area contributed by atoms with E-state index in [2.05, 4.69) is 33.6 Å². The van der Waals surface area contributed by atoms with E-state index in [1.54, 1.807) is 18.9 Å². The van der Waals surface area contributed by atoms with Gasteiger partial charge in [0.2, 0.25) is 0 Å². The molecule has 20 heavy (non-hydrogen) atoms. The van der Waals surface area contributed by atoms with Crippen LogP contribution in [0, 0.1) is 0 Å². The highest BCUT2D eigenvalue weighted by Crippen LogP contribution is 2.37. The van der Waals surface area contributed by atoms with Crippen molar-refractivity contribution in [1.29, 1.82) is 0 Å². The minimum Gasteiger partial charge on any atom is -0.490 e. The lowest BCUT2D eigenvalue weighted by molar-refractivity contribution is 0.400. The van der Waals surface area contributed by atoms with E-state index in [4.69, 9.17) is 10.6 Å². The maximum Gasteiger partial charge on any atom is 0.195 e. The number of nitrogens with one attached hydrogen (secondary N) is 1. The smallest absolute Gasteiger partial charge is 0.195 e. The number of rotatable bonds is 4. The van der Waals surface area contributed by atoms with Gasteiger partial charge in [0.25, 0.3) is 0 Å². The van der Waals surface area contributed by atoms with Gasteiger partial charge in [-0.05, 0) is 42.5 Å². The Kier molecular flexibility index (Phi) is 3.75. The summed E-state index contributed by atoms with van der Waals surface area (Å²) in [7, 11) is 1.59. The van der Waals surface area contributed by atoms with Gasteiger partial charge < -0.3 is 10.2 Å². The number of nitrogen functional groups attached to an aromatic ring is 1. The number of aryl methyl sites for hydroxylation is 2. The highest BCUT2D eigenvalue weighted by molar-refractivity contribution is 7.99. The molecule has 3 N–H and O–H groups in total. The quantitative estimate of drug-likeness (QED) is 0.511. The van der Waals surface area contributed by atoms with Gasteiger partial charge in [0.1, 0.15) is 11.4 Å². The third-order valence-corrected chi connectivity index (χ3v) is 4.37. The minimum absolute atomic E-state index is 0.492. The molecule has 0 fully saturated rings. The second kappa shape index (κ2) is 5.68. The van der Waals surface area contributed by atoms with Crippen LogP contribution in [0.2, 0.25) is 0 Å². The monoisotopic (exact) mass is 288 g/mol. The number of hydrazine groups is 1. The van der Waals surface area contributed by atoms with Gasteiger partial charge in [-0.3, -0.25) is 0 Å². The first kappa shape index (κ1) is 13.2. The molecule has 1 heterocycles. The van der Waals surface area contributed by atoms with Gasteiger partial charge in [-0.1, -0.05) is 17.8 Å². The maximum absolute atomic E-state index is 5.43. The Morgan fingerprint density at radius 2 is 2.10 bits per heavy atom. The summed E-state index contributed by atoms with van der Waals surface area (Å²) in [5.74, 6) is 6.49. The Bertz CT molecular complexity index is 633. The number of nitrogens with two attached hydrogens (primary N) is 1. The molecule has 6 heteroatoms. The minimum atomic E-state index is 0.492. The molecule has 1 aliphatic rings. The Hall–Kier alpha value is -1.79. The lowest BCUT2D eigenvalue weighted by Gasteiger charge is -2.11. The predicted octanol–water partition coefficient (Wildman–Crippen LogP) is 2.41. The fourth-order valence-corrected chi connectivity index (χ4v) is 3.37. The predicted molar refractivity (Wildman–Crippen MR) is 79.0 cm³/mol. The van der Waals surface area contributed by atoms with Crippen molar-refractivity contribution >= 4 is 17.6 Å². The van der Waals surface area contributed by atoms with Crippen molar-refractivity contribution in [3.05, 3.63) is 35.7 Å². The zero-order chi connectivity index (χ0) is 13.9. The molecule has 0 bridgehead atoms. The molecule has 104 valence electrons. The molecule has 5 nitrogen and oxygen atoms in total. The van der Waals surface area contributed by atoms with E-state index < -0.39 is 0 Å². The van der Waals surface area contributed by atoms with E-state index in [0.717, 1.165) is 9.92 Å². The zero-order valence-corrected chi connectivity index (χ0v) is 12.0. The Morgan fingerprint density at radius 1 is 1.25 bits per heavy atom. The van der Waals surface area contributed by atoms with Crippen LogP contribution in [-0.2, 0) is 12.8 Å². The number of hydrogen-bond donors (Lipinski definition) is 2. The summed E-state index contributed by atoms with van der Waals surface area (Å²) in [6.07, 6.45) is 5.09. The molecule has 2 aromatic rings. The number of anilines is 1. The van der Waals surface area contributed by atoms with Crippen LogP contribution in [0.25, 0.3) is 0 Å². The van der Waals surface area contributed by atoms with Crippen molar-refractivity contribution in [2.75, 3.05) is 12.5 Å². The number of hydrogen-bond acceptors (Lipinski definition) is 6. The summed E-state index contributed by atoms with van der Waals surface area (Å²) >= 11 is 1.56. The lowest BCUT2D eigenvalue weighted by atomic mass is 10.1. The summed E-state index contributed by atoms with van der Waals surface area (Å²) in [4.78, 5) is 9.48. The van der Waals surface area contributed by atoms with Crippen molar-refractivity contribution in [3.8, 4) is 5.75 Å². The molecule has 0 atom stereocenters. The average molecular weight is 288 g/mol. The Balaban J connectivity index is 1.91. The average Bonchev–Trinajstić information content (AvgIpc) is 2.94. The van der Waals surface area contributed by atoms with Crippen molar-refractivity contribution in [2.24, 2.45) is 5.84 Å². The van der Waals surface area contributed by atoms with Gasteiger partial charge in [0.05, 0.1) is 7.11 Å². The molecule has 3 rings (SSSR count). The number of methoxy groups -OCH3 is 1. The molecule has 0 saturated heterocycles. The number of ether oxygens (including phenoxy) is 1. The maximum atomic E-state index is 5.43. The van der Waals surface area contributed by atoms with Crippen LogP contribution in [0.1, 0.15) is 17.5 Å². The second-order valence-corrected chi connectivity index (χ2v) is 5.65.